The van der Waals surface area contributed by atoms with Gasteiger partial charge in [-0.2, -0.15) is 0 Å². The van der Waals surface area contributed by atoms with Gasteiger partial charge in [0.2, 0.25) is 5.89 Å². The van der Waals surface area contributed by atoms with Crippen LogP contribution < -0.4 is 4.90 Å². The number of thiophene rings is 1. The van der Waals surface area contributed by atoms with Crippen LogP contribution in [-0.2, 0) is 0 Å². The van der Waals surface area contributed by atoms with Crippen LogP contribution in [0.3, 0.4) is 0 Å². The molecule has 11 rings (SSSR count). The van der Waals surface area contributed by atoms with E-state index in [-0.39, 0.29) is 77.3 Å². The van der Waals surface area contributed by atoms with Gasteiger partial charge in [0.25, 0.3) is 0 Å². The summed E-state index contributed by atoms with van der Waals surface area (Å²) in [6.45, 7) is 0. The minimum Gasteiger partial charge on any atom is -0.436 e. The molecule has 0 radical (unpaired) electrons. The van der Waals surface area contributed by atoms with E-state index >= 15 is 0 Å². The first-order valence-corrected chi connectivity index (χ1v) is 18.4. The number of fused-ring (bicyclic) bond motifs is 6. The highest BCUT2D eigenvalue weighted by Gasteiger charge is 2.23. The van der Waals surface area contributed by atoms with Gasteiger partial charge in [-0.15, -0.1) is 11.3 Å². The molecule has 0 fully saturated rings. The molecule has 0 amide bonds. The number of aromatic nitrogens is 1. The summed E-state index contributed by atoms with van der Waals surface area (Å²) in [6.07, 6.45) is 0. The minimum absolute atomic E-state index is 0.0118. The highest BCUT2D eigenvalue weighted by molar-refractivity contribution is 7.26. The van der Waals surface area contributed by atoms with Crippen LogP contribution in [0.25, 0.3) is 86.5 Å². The molecule has 2 aromatic heterocycles. The Hall–Kier alpha value is -7.01. The monoisotopic (exact) mass is 732 g/mol. The average molecular weight is 733 g/mol. The third-order valence-electron chi connectivity index (χ3n) is 9.78. The summed E-state index contributed by atoms with van der Waals surface area (Å²) in [6, 6.07) is 34.2. The Bertz CT molecular complexity index is 3850. The molecule has 55 heavy (non-hydrogen) atoms. The molecule has 258 valence electrons. The first-order chi connectivity index (χ1) is 32.2. The van der Waals surface area contributed by atoms with Crippen molar-refractivity contribution in [2.24, 2.45) is 0 Å². The van der Waals surface area contributed by atoms with E-state index in [1.54, 1.807) is 0 Å². The van der Waals surface area contributed by atoms with E-state index in [1.807, 2.05) is 102 Å². The first-order valence-electron chi connectivity index (χ1n) is 23.6. The lowest BCUT2D eigenvalue weighted by atomic mass is 9.98. The van der Waals surface area contributed by atoms with Crippen molar-refractivity contribution >= 4 is 81.2 Å². The fourth-order valence-corrected chi connectivity index (χ4v) is 8.23. The Morgan fingerprint density at radius 2 is 1.18 bits per heavy atom. The number of hydrogen-bond donors (Lipinski definition) is 0. The molecular formula is C51H32N2OS. The summed E-state index contributed by atoms with van der Waals surface area (Å²) >= 11 is 0.965. The SMILES string of the molecule is [2H]c1c([2H])c([2H])c2oc(-c3c([2H])c([2H])c4c(sc5c([2H])c6c([2H])c([2H])c([2H])c([2H])c6c(N(c6ccc(-c7ccccc7)cc6)c6ccc(-c7ccc8ccccc8c7)cc6)c54)c3[2H])nc2c1[2H]. The van der Waals surface area contributed by atoms with Crippen LogP contribution >= 0.6 is 11.3 Å². The second kappa shape index (κ2) is 12.8. The number of anilines is 3. The van der Waals surface area contributed by atoms with Gasteiger partial charge in [0.15, 0.2) is 5.58 Å². The first kappa shape index (κ1) is 21.6. The molecular weight excluding hydrogens is 689 g/mol. The van der Waals surface area contributed by atoms with E-state index < -0.39 is 54.4 Å². The summed E-state index contributed by atoms with van der Waals surface area (Å²) in [5.41, 5.74) is 4.45. The maximum absolute atomic E-state index is 9.66. The number of nitrogens with zero attached hydrogens (tertiary/aromatic N) is 2. The quantitative estimate of drug-likeness (QED) is 0.170. The largest absolute Gasteiger partial charge is 0.436 e. The Morgan fingerprint density at radius 1 is 0.509 bits per heavy atom. The lowest BCUT2D eigenvalue weighted by molar-refractivity contribution is 0.620. The van der Waals surface area contributed by atoms with Crippen molar-refractivity contribution in [3.05, 3.63) is 194 Å². The Morgan fingerprint density at radius 3 is 2.00 bits per heavy atom. The average Bonchev–Trinajstić information content (AvgIpc) is 3.98. The lowest BCUT2D eigenvalue weighted by Crippen LogP contribution is -2.11. The zero-order valence-corrected chi connectivity index (χ0v) is 29.6. The fourth-order valence-electron chi connectivity index (χ4n) is 7.16. The molecule has 0 bridgehead atoms. The topological polar surface area (TPSA) is 29.3 Å². The fraction of sp³-hybridized carbons (Fsp3) is 0. The number of hydrogen-bond acceptors (Lipinski definition) is 4. The second-order valence-corrected chi connectivity index (χ2v) is 14.1. The highest BCUT2D eigenvalue weighted by Crippen LogP contribution is 2.49. The Balaban J connectivity index is 1.23. The molecule has 0 atom stereocenters. The molecule has 4 heteroatoms. The van der Waals surface area contributed by atoms with Crippen molar-refractivity contribution in [2.75, 3.05) is 4.90 Å². The van der Waals surface area contributed by atoms with Crippen LogP contribution in [0.15, 0.2) is 198 Å². The van der Waals surface area contributed by atoms with Crippen LogP contribution in [0, 0.1) is 0 Å². The van der Waals surface area contributed by atoms with Gasteiger partial charge >= 0.3 is 0 Å². The molecule has 0 aliphatic rings. The van der Waals surface area contributed by atoms with Gasteiger partial charge in [0, 0.05) is 42.5 Å². The molecule has 3 nitrogen and oxygen atoms in total. The molecule has 11 aromatic rings. The van der Waals surface area contributed by atoms with Gasteiger partial charge in [-0.25, -0.2) is 4.98 Å². The molecule has 0 saturated heterocycles. The predicted molar refractivity (Wildman–Crippen MR) is 233 cm³/mol. The molecule has 9 aromatic carbocycles. The number of para-hydroxylation sites is 2. The van der Waals surface area contributed by atoms with Gasteiger partial charge < -0.3 is 9.32 Å². The van der Waals surface area contributed by atoms with Gasteiger partial charge in [-0.1, -0.05) is 133 Å². The molecule has 0 N–H and O–H groups in total. The minimum atomic E-state index is -0.544. The maximum Gasteiger partial charge on any atom is 0.227 e. The number of benzene rings is 9. The number of oxazole rings is 1. The van der Waals surface area contributed by atoms with Crippen molar-refractivity contribution < 1.29 is 20.9 Å². The smallest absolute Gasteiger partial charge is 0.227 e. The van der Waals surface area contributed by atoms with Gasteiger partial charge in [-0.3, -0.25) is 0 Å². The van der Waals surface area contributed by atoms with Gasteiger partial charge in [-0.05, 0) is 99.0 Å². The molecule has 0 aliphatic carbocycles. The van der Waals surface area contributed by atoms with Crippen LogP contribution in [0.2, 0.25) is 0 Å². The second-order valence-electron chi connectivity index (χ2n) is 13.0. The van der Waals surface area contributed by atoms with Crippen molar-refractivity contribution in [2.45, 2.75) is 0 Å². The van der Waals surface area contributed by atoms with Crippen LogP contribution in [0.1, 0.15) is 16.4 Å². The van der Waals surface area contributed by atoms with E-state index in [2.05, 4.69) is 29.2 Å². The van der Waals surface area contributed by atoms with E-state index in [0.29, 0.717) is 11.4 Å². The normalized spacial score (nSPS) is 14.7. The summed E-state index contributed by atoms with van der Waals surface area (Å²) < 4.78 is 114. The molecule has 0 unspecified atom stereocenters. The van der Waals surface area contributed by atoms with E-state index in [4.69, 9.17) is 12.6 Å². The molecule has 0 saturated carbocycles. The summed E-state index contributed by atoms with van der Waals surface area (Å²) in [5, 5.41) is 2.44. The van der Waals surface area contributed by atoms with Gasteiger partial charge in [0.1, 0.15) is 5.52 Å². The summed E-state index contributed by atoms with van der Waals surface area (Å²) in [4.78, 5) is 6.19. The van der Waals surface area contributed by atoms with E-state index in [1.165, 1.54) is 0 Å². The van der Waals surface area contributed by atoms with Crippen molar-refractivity contribution in [1.82, 2.24) is 4.98 Å². The standard InChI is InChI=1S/C51H32N2OS/c1-2-10-33(11-3-1)35-20-25-41(26-21-35)53(42-27-22-36(23-28-42)38-19-18-34-12-4-5-13-37(34)30-38)50-43-15-7-6-14-39(43)31-48-49(50)44-29-24-40(32-47(44)55-48)51-52-45-16-8-9-17-46(45)54-51/h1-32H/i6D,7D,8D,9D,14D,15D,16D,17D,24D,29D,31D,32D. The maximum atomic E-state index is 9.66. The summed E-state index contributed by atoms with van der Waals surface area (Å²) in [7, 11) is 0. The Labute approximate surface area is 338 Å². The summed E-state index contributed by atoms with van der Waals surface area (Å²) in [5.74, 6) is -0.354. The Kier molecular flexibility index (Phi) is 5.05. The lowest BCUT2D eigenvalue weighted by Gasteiger charge is -2.28. The third-order valence-corrected chi connectivity index (χ3v) is 10.8. The molecule has 0 spiro atoms. The molecule has 2 heterocycles. The van der Waals surface area contributed by atoms with Crippen LogP contribution in [0.5, 0.6) is 0 Å². The van der Waals surface area contributed by atoms with E-state index in [0.717, 1.165) is 44.4 Å². The van der Waals surface area contributed by atoms with Gasteiger partial charge in [0.05, 0.1) is 22.1 Å². The zero-order chi connectivity index (χ0) is 46.7. The van der Waals surface area contributed by atoms with E-state index in [9.17, 15) is 8.22 Å². The van der Waals surface area contributed by atoms with Crippen molar-refractivity contribution in [1.29, 1.82) is 0 Å². The third kappa shape index (κ3) is 5.46. The predicted octanol–water partition coefficient (Wildman–Crippen LogP) is 15.0. The van der Waals surface area contributed by atoms with Crippen LogP contribution in [-0.4, -0.2) is 4.98 Å². The van der Waals surface area contributed by atoms with Crippen molar-refractivity contribution in [3.8, 4) is 33.7 Å². The van der Waals surface area contributed by atoms with Crippen LogP contribution in [0.4, 0.5) is 17.1 Å². The zero-order valence-electron chi connectivity index (χ0n) is 40.8. The van der Waals surface area contributed by atoms with Crippen molar-refractivity contribution in [3.63, 3.8) is 0 Å². The number of rotatable bonds is 6. The highest BCUT2D eigenvalue weighted by atomic mass is 32.1. The molecule has 0 aliphatic heterocycles.